The summed E-state index contributed by atoms with van der Waals surface area (Å²) in [6.07, 6.45) is 2.90. The molecule has 1 aliphatic rings. The van der Waals surface area contributed by atoms with Crippen molar-refractivity contribution >= 4 is 17.6 Å². The molecule has 1 aromatic carbocycles. The second-order valence-corrected chi connectivity index (χ2v) is 4.45. The van der Waals surface area contributed by atoms with Crippen LogP contribution in [-0.2, 0) is 4.79 Å². The van der Waals surface area contributed by atoms with Crippen LogP contribution in [0.4, 0.5) is 5.69 Å². The fourth-order valence-electron chi connectivity index (χ4n) is 1.68. The summed E-state index contributed by atoms with van der Waals surface area (Å²) in [7, 11) is 1.72. The molecule has 1 aliphatic carbocycles. The minimum atomic E-state index is -0.955. The van der Waals surface area contributed by atoms with Crippen LogP contribution in [0.2, 0.25) is 0 Å². The summed E-state index contributed by atoms with van der Waals surface area (Å²) >= 11 is 0. The third-order valence-corrected chi connectivity index (χ3v) is 3.04. The molecule has 1 N–H and O–H groups in total. The number of carbonyl (C=O) groups excluding carboxylic acids is 1. The number of carboxylic acid groups (broad SMARTS) is 1. The molecule has 0 aromatic heterocycles. The second-order valence-electron chi connectivity index (χ2n) is 4.45. The number of hydrogen-bond donors (Lipinski definition) is 1. The van der Waals surface area contributed by atoms with Gasteiger partial charge < -0.3 is 10.0 Å². The Morgan fingerprint density at radius 3 is 2.35 bits per heavy atom. The molecule has 1 amide bonds. The molecule has 90 valence electrons. The molecule has 1 saturated carbocycles. The van der Waals surface area contributed by atoms with Crippen molar-refractivity contribution in [2.75, 3.05) is 11.9 Å². The van der Waals surface area contributed by atoms with Gasteiger partial charge in [0, 0.05) is 19.2 Å². The average molecular weight is 233 g/mol. The molecule has 0 heterocycles. The van der Waals surface area contributed by atoms with Crippen molar-refractivity contribution in [1.29, 1.82) is 0 Å². The van der Waals surface area contributed by atoms with E-state index in [2.05, 4.69) is 0 Å². The van der Waals surface area contributed by atoms with Gasteiger partial charge in [-0.25, -0.2) is 4.79 Å². The topological polar surface area (TPSA) is 57.6 Å². The van der Waals surface area contributed by atoms with E-state index in [-0.39, 0.29) is 11.5 Å². The lowest BCUT2D eigenvalue weighted by Crippen LogP contribution is -2.26. The number of hydrogen-bond acceptors (Lipinski definition) is 2. The van der Waals surface area contributed by atoms with Gasteiger partial charge in [0.1, 0.15) is 0 Å². The summed E-state index contributed by atoms with van der Waals surface area (Å²) < 4.78 is 0. The van der Waals surface area contributed by atoms with Crippen molar-refractivity contribution in [3.8, 4) is 0 Å². The molecule has 0 bridgehead atoms. The first-order chi connectivity index (χ1) is 8.08. The minimum absolute atomic E-state index is 0.0931. The van der Waals surface area contributed by atoms with Crippen LogP contribution < -0.4 is 4.90 Å². The Bertz CT molecular complexity index is 434. The number of benzene rings is 1. The maximum absolute atomic E-state index is 11.8. The van der Waals surface area contributed by atoms with Crippen LogP contribution in [0.25, 0.3) is 0 Å². The lowest BCUT2D eigenvalue weighted by Gasteiger charge is -2.17. The molecular formula is C13H15NO3. The van der Waals surface area contributed by atoms with E-state index < -0.39 is 5.97 Å². The van der Waals surface area contributed by atoms with Gasteiger partial charge in [-0.15, -0.1) is 0 Å². The average Bonchev–Trinajstić information content (AvgIpc) is 3.12. The van der Waals surface area contributed by atoms with E-state index >= 15 is 0 Å². The highest BCUT2D eigenvalue weighted by atomic mass is 16.4. The highest BCUT2D eigenvalue weighted by molar-refractivity contribution is 5.94. The lowest BCUT2D eigenvalue weighted by atomic mass is 10.2. The molecule has 2 rings (SSSR count). The van der Waals surface area contributed by atoms with E-state index in [1.54, 1.807) is 24.1 Å². The van der Waals surface area contributed by atoms with Crippen molar-refractivity contribution < 1.29 is 14.7 Å². The van der Waals surface area contributed by atoms with Gasteiger partial charge in [-0.2, -0.15) is 0 Å². The van der Waals surface area contributed by atoms with E-state index in [0.717, 1.165) is 18.5 Å². The van der Waals surface area contributed by atoms with Crippen LogP contribution in [0, 0.1) is 5.92 Å². The van der Waals surface area contributed by atoms with Crippen LogP contribution in [0.1, 0.15) is 29.6 Å². The molecule has 1 fully saturated rings. The zero-order valence-corrected chi connectivity index (χ0v) is 9.72. The summed E-state index contributed by atoms with van der Waals surface area (Å²) in [4.78, 5) is 24.1. The Balaban J connectivity index is 2.04. The molecule has 0 spiro atoms. The molecule has 0 radical (unpaired) electrons. The summed E-state index contributed by atoms with van der Waals surface area (Å²) in [6, 6.07) is 6.35. The van der Waals surface area contributed by atoms with Gasteiger partial charge in [0.25, 0.3) is 0 Å². The van der Waals surface area contributed by atoms with E-state index in [1.807, 2.05) is 0 Å². The molecule has 0 unspecified atom stereocenters. The van der Waals surface area contributed by atoms with Crippen molar-refractivity contribution in [3.63, 3.8) is 0 Å². The standard InChI is InChI=1S/C13H15NO3/c1-14(12(15)8-9-2-3-9)11-6-4-10(5-7-11)13(16)17/h4-7,9H,2-3,8H2,1H3,(H,16,17). The van der Waals surface area contributed by atoms with Gasteiger partial charge in [0.05, 0.1) is 5.56 Å². The predicted molar refractivity (Wildman–Crippen MR) is 64.2 cm³/mol. The van der Waals surface area contributed by atoms with Crippen LogP contribution in [0.15, 0.2) is 24.3 Å². The van der Waals surface area contributed by atoms with Crippen molar-refractivity contribution in [2.45, 2.75) is 19.3 Å². The number of carboxylic acids is 1. The Hall–Kier alpha value is -1.84. The predicted octanol–water partition coefficient (Wildman–Crippen LogP) is 2.15. The van der Waals surface area contributed by atoms with Gasteiger partial charge in [0.15, 0.2) is 0 Å². The minimum Gasteiger partial charge on any atom is -0.478 e. The Labute approximate surface area is 99.9 Å². The number of rotatable bonds is 4. The van der Waals surface area contributed by atoms with E-state index in [4.69, 9.17) is 5.11 Å². The fourth-order valence-corrected chi connectivity index (χ4v) is 1.68. The molecule has 4 heteroatoms. The first kappa shape index (κ1) is 11.6. The highest BCUT2D eigenvalue weighted by Gasteiger charge is 2.26. The zero-order chi connectivity index (χ0) is 12.4. The number of anilines is 1. The van der Waals surface area contributed by atoms with Crippen molar-refractivity contribution in [3.05, 3.63) is 29.8 Å². The first-order valence-corrected chi connectivity index (χ1v) is 5.68. The van der Waals surface area contributed by atoms with Crippen LogP contribution >= 0.6 is 0 Å². The molecule has 0 saturated heterocycles. The maximum Gasteiger partial charge on any atom is 0.335 e. The molecule has 17 heavy (non-hydrogen) atoms. The fraction of sp³-hybridized carbons (Fsp3) is 0.385. The maximum atomic E-state index is 11.8. The Kier molecular flexibility index (Phi) is 3.13. The van der Waals surface area contributed by atoms with Crippen molar-refractivity contribution in [1.82, 2.24) is 0 Å². The molecule has 0 atom stereocenters. The summed E-state index contributed by atoms with van der Waals surface area (Å²) in [5.41, 5.74) is 0.970. The Morgan fingerprint density at radius 1 is 1.29 bits per heavy atom. The van der Waals surface area contributed by atoms with Gasteiger partial charge in [-0.05, 0) is 43.0 Å². The number of carbonyl (C=O) groups is 2. The number of nitrogens with zero attached hydrogens (tertiary/aromatic N) is 1. The summed E-state index contributed by atoms with van der Waals surface area (Å²) in [6.45, 7) is 0. The summed E-state index contributed by atoms with van der Waals surface area (Å²) in [5, 5.41) is 8.77. The SMILES string of the molecule is CN(C(=O)CC1CC1)c1ccc(C(=O)O)cc1. The van der Waals surface area contributed by atoms with Crippen LogP contribution in [0.5, 0.6) is 0 Å². The summed E-state index contributed by atoms with van der Waals surface area (Å²) in [5.74, 6) is -0.303. The van der Waals surface area contributed by atoms with E-state index in [1.165, 1.54) is 12.1 Å². The van der Waals surface area contributed by atoms with Crippen LogP contribution in [0.3, 0.4) is 0 Å². The van der Waals surface area contributed by atoms with Crippen molar-refractivity contribution in [2.24, 2.45) is 5.92 Å². The Morgan fingerprint density at radius 2 is 1.88 bits per heavy atom. The van der Waals surface area contributed by atoms with Gasteiger partial charge in [0.2, 0.25) is 5.91 Å². The third-order valence-electron chi connectivity index (χ3n) is 3.04. The first-order valence-electron chi connectivity index (χ1n) is 5.68. The van der Waals surface area contributed by atoms with E-state index in [9.17, 15) is 9.59 Å². The molecular weight excluding hydrogens is 218 g/mol. The number of amides is 1. The van der Waals surface area contributed by atoms with Gasteiger partial charge >= 0.3 is 5.97 Å². The third kappa shape index (κ3) is 2.84. The molecule has 4 nitrogen and oxygen atoms in total. The smallest absolute Gasteiger partial charge is 0.335 e. The largest absolute Gasteiger partial charge is 0.478 e. The van der Waals surface area contributed by atoms with Crippen LogP contribution in [-0.4, -0.2) is 24.0 Å². The quantitative estimate of drug-likeness (QED) is 0.866. The monoisotopic (exact) mass is 233 g/mol. The second kappa shape index (κ2) is 4.57. The highest BCUT2D eigenvalue weighted by Crippen LogP contribution is 2.33. The normalized spacial score (nSPS) is 14.4. The lowest BCUT2D eigenvalue weighted by molar-refractivity contribution is -0.118. The zero-order valence-electron chi connectivity index (χ0n) is 9.72. The van der Waals surface area contributed by atoms with E-state index in [0.29, 0.717) is 12.3 Å². The molecule has 0 aliphatic heterocycles. The van der Waals surface area contributed by atoms with Gasteiger partial charge in [-0.1, -0.05) is 0 Å². The number of aromatic carboxylic acids is 1. The van der Waals surface area contributed by atoms with Gasteiger partial charge in [-0.3, -0.25) is 4.79 Å². The molecule has 1 aromatic rings.